The molecule has 104 valence electrons. The van der Waals surface area contributed by atoms with E-state index in [-0.39, 0.29) is 12.5 Å². The Balaban J connectivity index is 2.15. The van der Waals surface area contributed by atoms with Crippen molar-refractivity contribution in [3.05, 3.63) is 29.8 Å². The van der Waals surface area contributed by atoms with E-state index >= 15 is 0 Å². The van der Waals surface area contributed by atoms with E-state index in [1.807, 2.05) is 0 Å². The van der Waals surface area contributed by atoms with E-state index < -0.39 is 5.97 Å². The molecule has 0 radical (unpaired) electrons. The first-order chi connectivity index (χ1) is 9.08. The predicted molar refractivity (Wildman–Crippen MR) is 77.8 cm³/mol. The molecule has 1 heterocycles. The van der Waals surface area contributed by atoms with Crippen molar-refractivity contribution in [1.82, 2.24) is 0 Å². The van der Waals surface area contributed by atoms with Crippen LogP contribution in [0.15, 0.2) is 24.3 Å². The lowest BCUT2D eigenvalue weighted by atomic mass is 9.97. The van der Waals surface area contributed by atoms with Gasteiger partial charge in [-0.25, -0.2) is 0 Å². The summed E-state index contributed by atoms with van der Waals surface area (Å²) < 4.78 is 0. The zero-order valence-corrected chi connectivity index (χ0v) is 11.8. The van der Waals surface area contributed by atoms with Gasteiger partial charge in [0.15, 0.2) is 0 Å². The summed E-state index contributed by atoms with van der Waals surface area (Å²) >= 11 is 0. The van der Waals surface area contributed by atoms with Crippen molar-refractivity contribution in [2.45, 2.75) is 51.5 Å². The van der Waals surface area contributed by atoms with Crippen LogP contribution in [0.25, 0.3) is 0 Å². The molecule has 1 aliphatic rings. The smallest absolute Gasteiger partial charge is 0.305 e. The molecular formula is C16H23NO2. The summed E-state index contributed by atoms with van der Waals surface area (Å²) in [5.74, 6) is -0.166. The molecule has 0 saturated carbocycles. The van der Waals surface area contributed by atoms with Crippen LogP contribution >= 0.6 is 0 Å². The highest BCUT2D eigenvalue weighted by Gasteiger charge is 2.24. The minimum atomic E-state index is -0.698. The second-order valence-corrected chi connectivity index (χ2v) is 5.69. The van der Waals surface area contributed by atoms with Crippen molar-refractivity contribution in [2.75, 3.05) is 11.4 Å². The topological polar surface area (TPSA) is 40.5 Å². The number of aliphatic carboxylic acids is 1. The van der Waals surface area contributed by atoms with E-state index in [0.29, 0.717) is 5.92 Å². The number of piperidine rings is 1. The van der Waals surface area contributed by atoms with Crippen LogP contribution in [0.3, 0.4) is 0 Å². The fourth-order valence-corrected chi connectivity index (χ4v) is 2.80. The molecule has 1 saturated heterocycles. The van der Waals surface area contributed by atoms with Crippen molar-refractivity contribution >= 4 is 11.7 Å². The molecule has 1 aliphatic heterocycles. The summed E-state index contributed by atoms with van der Waals surface area (Å²) in [7, 11) is 0. The SMILES string of the molecule is CC(C)c1ccc(N2CCCCC2CC(=O)O)cc1. The Morgan fingerprint density at radius 2 is 2.00 bits per heavy atom. The van der Waals surface area contributed by atoms with Crippen LogP contribution in [0.1, 0.15) is 51.0 Å². The molecule has 2 rings (SSSR count). The van der Waals surface area contributed by atoms with Crippen LogP contribution in [0.5, 0.6) is 0 Å². The van der Waals surface area contributed by atoms with Crippen LogP contribution in [0, 0.1) is 0 Å². The Morgan fingerprint density at radius 1 is 1.32 bits per heavy atom. The third kappa shape index (κ3) is 3.49. The van der Waals surface area contributed by atoms with E-state index in [1.165, 1.54) is 5.56 Å². The maximum absolute atomic E-state index is 11.0. The predicted octanol–water partition coefficient (Wildman–Crippen LogP) is 3.64. The highest BCUT2D eigenvalue weighted by molar-refractivity contribution is 5.68. The highest BCUT2D eigenvalue weighted by atomic mass is 16.4. The Bertz CT molecular complexity index is 425. The average molecular weight is 261 g/mol. The summed E-state index contributed by atoms with van der Waals surface area (Å²) in [4.78, 5) is 13.2. The van der Waals surface area contributed by atoms with Gasteiger partial charge in [-0.05, 0) is 42.9 Å². The van der Waals surface area contributed by atoms with Crippen LogP contribution in [-0.4, -0.2) is 23.7 Å². The molecular weight excluding hydrogens is 238 g/mol. The summed E-state index contributed by atoms with van der Waals surface area (Å²) in [5, 5.41) is 9.02. The van der Waals surface area contributed by atoms with E-state index in [0.717, 1.165) is 31.5 Å². The molecule has 0 aromatic heterocycles. The zero-order chi connectivity index (χ0) is 13.8. The van der Waals surface area contributed by atoms with Crippen molar-refractivity contribution in [3.63, 3.8) is 0 Å². The van der Waals surface area contributed by atoms with Crippen LogP contribution in [0.2, 0.25) is 0 Å². The second-order valence-electron chi connectivity index (χ2n) is 5.69. The van der Waals surface area contributed by atoms with Gasteiger partial charge in [0.2, 0.25) is 0 Å². The summed E-state index contributed by atoms with van der Waals surface area (Å²) in [6.07, 6.45) is 3.52. The van der Waals surface area contributed by atoms with Gasteiger partial charge in [-0.3, -0.25) is 4.79 Å². The minimum Gasteiger partial charge on any atom is -0.481 e. The van der Waals surface area contributed by atoms with E-state index in [4.69, 9.17) is 5.11 Å². The molecule has 1 aromatic rings. The minimum absolute atomic E-state index is 0.149. The summed E-state index contributed by atoms with van der Waals surface area (Å²) in [5.41, 5.74) is 2.49. The Kier molecular flexibility index (Phi) is 4.46. The maximum atomic E-state index is 11.0. The number of carboxylic acid groups (broad SMARTS) is 1. The molecule has 1 N–H and O–H groups in total. The van der Waals surface area contributed by atoms with E-state index in [2.05, 4.69) is 43.0 Å². The second kappa shape index (κ2) is 6.09. The van der Waals surface area contributed by atoms with Crippen molar-refractivity contribution in [1.29, 1.82) is 0 Å². The highest BCUT2D eigenvalue weighted by Crippen LogP contribution is 2.28. The molecule has 3 nitrogen and oxygen atoms in total. The summed E-state index contributed by atoms with van der Waals surface area (Å²) in [6, 6.07) is 8.74. The van der Waals surface area contributed by atoms with Gasteiger partial charge in [-0.2, -0.15) is 0 Å². The van der Waals surface area contributed by atoms with Gasteiger partial charge in [0.25, 0.3) is 0 Å². The van der Waals surface area contributed by atoms with Crippen molar-refractivity contribution in [2.24, 2.45) is 0 Å². The van der Waals surface area contributed by atoms with Gasteiger partial charge in [0.05, 0.1) is 6.42 Å². The zero-order valence-electron chi connectivity index (χ0n) is 11.8. The molecule has 0 amide bonds. The standard InChI is InChI=1S/C16H23NO2/c1-12(2)13-6-8-14(9-7-13)17-10-4-3-5-15(17)11-16(18)19/h6-9,12,15H,3-5,10-11H2,1-2H3,(H,18,19). The summed E-state index contributed by atoms with van der Waals surface area (Å²) in [6.45, 7) is 5.34. The Hall–Kier alpha value is -1.51. The van der Waals surface area contributed by atoms with Gasteiger partial charge >= 0.3 is 5.97 Å². The Morgan fingerprint density at radius 3 is 2.58 bits per heavy atom. The Labute approximate surface area is 115 Å². The van der Waals surface area contributed by atoms with Crippen LogP contribution in [0.4, 0.5) is 5.69 Å². The van der Waals surface area contributed by atoms with E-state index in [9.17, 15) is 4.79 Å². The molecule has 1 atom stereocenters. The number of anilines is 1. The number of carboxylic acids is 1. The van der Waals surface area contributed by atoms with Crippen molar-refractivity contribution < 1.29 is 9.90 Å². The lowest BCUT2D eigenvalue weighted by Gasteiger charge is -2.37. The molecule has 1 aromatic carbocycles. The third-order valence-corrected chi connectivity index (χ3v) is 3.93. The number of rotatable bonds is 4. The molecule has 0 spiro atoms. The first-order valence-electron chi connectivity index (χ1n) is 7.16. The monoisotopic (exact) mass is 261 g/mol. The normalized spacial score (nSPS) is 19.7. The fraction of sp³-hybridized carbons (Fsp3) is 0.562. The quantitative estimate of drug-likeness (QED) is 0.899. The lowest BCUT2D eigenvalue weighted by molar-refractivity contribution is -0.137. The third-order valence-electron chi connectivity index (χ3n) is 3.93. The van der Waals surface area contributed by atoms with Gasteiger partial charge in [-0.15, -0.1) is 0 Å². The average Bonchev–Trinajstić information content (AvgIpc) is 2.39. The van der Waals surface area contributed by atoms with Crippen LogP contribution in [-0.2, 0) is 4.79 Å². The van der Waals surface area contributed by atoms with Gasteiger partial charge in [0, 0.05) is 18.3 Å². The number of hydrogen-bond acceptors (Lipinski definition) is 2. The van der Waals surface area contributed by atoms with E-state index in [1.54, 1.807) is 0 Å². The molecule has 3 heteroatoms. The molecule has 19 heavy (non-hydrogen) atoms. The molecule has 1 fully saturated rings. The number of hydrogen-bond donors (Lipinski definition) is 1. The number of nitrogens with zero attached hydrogens (tertiary/aromatic N) is 1. The fourth-order valence-electron chi connectivity index (χ4n) is 2.80. The van der Waals surface area contributed by atoms with Crippen molar-refractivity contribution in [3.8, 4) is 0 Å². The molecule has 0 aliphatic carbocycles. The maximum Gasteiger partial charge on any atom is 0.305 e. The van der Waals surface area contributed by atoms with Gasteiger partial charge < -0.3 is 10.0 Å². The molecule has 0 bridgehead atoms. The lowest BCUT2D eigenvalue weighted by Crippen LogP contribution is -2.40. The number of benzene rings is 1. The largest absolute Gasteiger partial charge is 0.481 e. The molecule has 1 unspecified atom stereocenters. The number of carbonyl (C=O) groups is 1. The van der Waals surface area contributed by atoms with Crippen LogP contribution < -0.4 is 4.90 Å². The first kappa shape index (κ1) is 13.9. The van der Waals surface area contributed by atoms with Gasteiger partial charge in [0.1, 0.15) is 0 Å². The first-order valence-corrected chi connectivity index (χ1v) is 7.16. The van der Waals surface area contributed by atoms with Gasteiger partial charge in [-0.1, -0.05) is 26.0 Å².